The van der Waals surface area contributed by atoms with E-state index in [0.717, 1.165) is 49.4 Å². The Morgan fingerprint density at radius 1 is 1.32 bits per heavy atom. The van der Waals surface area contributed by atoms with Crippen LogP contribution in [0.4, 0.5) is 15.9 Å². The van der Waals surface area contributed by atoms with Gasteiger partial charge in [0.15, 0.2) is 11.6 Å². The summed E-state index contributed by atoms with van der Waals surface area (Å²) in [6.45, 7) is 3.86. The number of hydrazine groups is 1. The highest BCUT2D eigenvalue weighted by atomic mass is 19.1. The summed E-state index contributed by atoms with van der Waals surface area (Å²) in [7, 11) is 0. The van der Waals surface area contributed by atoms with Gasteiger partial charge < -0.3 is 20.2 Å². The maximum Gasteiger partial charge on any atom is 0.167 e. The van der Waals surface area contributed by atoms with Gasteiger partial charge in [-0.15, -0.1) is 0 Å². The third-order valence-electron chi connectivity index (χ3n) is 5.91. The minimum atomic E-state index is -0.364. The van der Waals surface area contributed by atoms with Crippen LogP contribution >= 0.6 is 0 Å². The molecule has 0 amide bonds. The monoisotopic (exact) mass is 385 g/mol. The lowest BCUT2D eigenvalue weighted by Gasteiger charge is -2.19. The Morgan fingerprint density at radius 2 is 2.18 bits per heavy atom. The van der Waals surface area contributed by atoms with Crippen molar-refractivity contribution < 1.29 is 14.2 Å². The first-order valence-corrected chi connectivity index (χ1v) is 9.76. The van der Waals surface area contributed by atoms with E-state index in [4.69, 9.17) is 4.74 Å². The van der Waals surface area contributed by atoms with Gasteiger partial charge in [0.1, 0.15) is 17.7 Å². The van der Waals surface area contributed by atoms with Gasteiger partial charge in [-0.3, -0.25) is 0 Å². The normalized spacial score (nSPS) is 24.8. The van der Waals surface area contributed by atoms with E-state index in [-0.39, 0.29) is 35.7 Å². The molecule has 2 fully saturated rings. The van der Waals surface area contributed by atoms with Gasteiger partial charge in [-0.25, -0.2) is 19.8 Å². The second kappa shape index (κ2) is 6.56. The van der Waals surface area contributed by atoms with Crippen molar-refractivity contribution in [1.82, 2.24) is 15.4 Å². The van der Waals surface area contributed by atoms with Gasteiger partial charge >= 0.3 is 0 Å². The van der Waals surface area contributed by atoms with Crippen LogP contribution < -0.4 is 20.5 Å². The topological polar surface area (TPSA) is 82.5 Å². The predicted molar refractivity (Wildman–Crippen MR) is 103 cm³/mol. The number of fused-ring (bicyclic) bond motifs is 1. The molecule has 1 saturated carbocycles. The van der Waals surface area contributed by atoms with E-state index in [2.05, 4.69) is 25.7 Å². The molecule has 1 aliphatic carbocycles. The number of benzene rings is 1. The third kappa shape index (κ3) is 3.16. The van der Waals surface area contributed by atoms with Crippen LogP contribution in [0.3, 0.4) is 0 Å². The molecular formula is C20H24FN5O2. The van der Waals surface area contributed by atoms with Crippen LogP contribution in [-0.2, 0) is 0 Å². The standard InChI is InChI=1S/C20H24FN5O2/c1-20(3-4-20)28-17-6-13-15(7-14(17)21)24-25-19(13)16-8-18(23-11-22-16)26-5-2-12(9-26)10-27/h6-8,11-12,19,24-25,27H,2-5,9-10H2,1H3/t12-,19-/m1/s1. The van der Waals surface area contributed by atoms with Crippen molar-refractivity contribution in [2.24, 2.45) is 5.92 Å². The second-order valence-corrected chi connectivity index (χ2v) is 8.21. The molecule has 8 heteroatoms. The third-order valence-corrected chi connectivity index (χ3v) is 5.91. The Hall–Kier alpha value is -2.45. The van der Waals surface area contributed by atoms with E-state index < -0.39 is 0 Å². The quantitative estimate of drug-likeness (QED) is 0.729. The van der Waals surface area contributed by atoms with Crippen molar-refractivity contribution in [3.63, 3.8) is 0 Å². The minimum absolute atomic E-state index is 0.198. The highest BCUT2D eigenvalue weighted by Gasteiger charge is 2.41. The zero-order valence-electron chi connectivity index (χ0n) is 15.8. The molecule has 3 N–H and O–H groups in total. The largest absolute Gasteiger partial charge is 0.484 e. The first kappa shape index (κ1) is 17.6. The lowest BCUT2D eigenvalue weighted by molar-refractivity contribution is 0.191. The molecule has 2 aromatic rings. The van der Waals surface area contributed by atoms with E-state index in [1.807, 2.05) is 13.0 Å². The Balaban J connectivity index is 1.43. The number of nitrogens with zero attached hydrogens (tertiary/aromatic N) is 3. The number of aromatic nitrogens is 2. The van der Waals surface area contributed by atoms with Gasteiger partial charge in [-0.2, -0.15) is 0 Å². The number of hydrogen-bond acceptors (Lipinski definition) is 7. The Bertz CT molecular complexity index is 904. The lowest BCUT2D eigenvalue weighted by Crippen LogP contribution is -2.24. The molecule has 148 valence electrons. The summed E-state index contributed by atoms with van der Waals surface area (Å²) in [6.07, 6.45) is 4.41. The van der Waals surface area contributed by atoms with Crippen molar-refractivity contribution in [2.75, 3.05) is 30.0 Å². The summed E-state index contributed by atoms with van der Waals surface area (Å²) in [5.41, 5.74) is 8.39. The summed E-state index contributed by atoms with van der Waals surface area (Å²) in [6, 6.07) is 4.98. The number of rotatable bonds is 5. The molecule has 0 radical (unpaired) electrons. The fourth-order valence-corrected chi connectivity index (χ4v) is 3.88. The molecule has 1 aromatic carbocycles. The molecule has 5 rings (SSSR count). The first-order chi connectivity index (χ1) is 13.5. The van der Waals surface area contributed by atoms with E-state index in [1.165, 1.54) is 6.07 Å². The zero-order chi connectivity index (χ0) is 19.3. The van der Waals surface area contributed by atoms with Gasteiger partial charge in [-0.1, -0.05) is 0 Å². The van der Waals surface area contributed by atoms with Gasteiger partial charge in [0, 0.05) is 43.3 Å². The molecule has 1 aromatic heterocycles. The van der Waals surface area contributed by atoms with Gasteiger partial charge in [0.05, 0.1) is 17.4 Å². The molecule has 1 saturated heterocycles. The molecule has 7 nitrogen and oxygen atoms in total. The Kier molecular flexibility index (Phi) is 4.13. The van der Waals surface area contributed by atoms with Crippen molar-refractivity contribution in [3.05, 3.63) is 41.6 Å². The fourth-order valence-electron chi connectivity index (χ4n) is 3.88. The highest BCUT2D eigenvalue weighted by molar-refractivity contribution is 5.61. The average molecular weight is 385 g/mol. The van der Waals surface area contributed by atoms with Crippen molar-refractivity contribution in [2.45, 2.75) is 37.8 Å². The van der Waals surface area contributed by atoms with Crippen molar-refractivity contribution in [1.29, 1.82) is 0 Å². The van der Waals surface area contributed by atoms with Crippen LogP contribution in [0.2, 0.25) is 0 Å². The van der Waals surface area contributed by atoms with Crippen LogP contribution in [0, 0.1) is 11.7 Å². The molecule has 2 aliphatic heterocycles. The van der Waals surface area contributed by atoms with Crippen LogP contribution in [0.25, 0.3) is 0 Å². The van der Waals surface area contributed by atoms with Gasteiger partial charge in [0.25, 0.3) is 0 Å². The number of hydrogen-bond donors (Lipinski definition) is 3. The van der Waals surface area contributed by atoms with Crippen molar-refractivity contribution in [3.8, 4) is 5.75 Å². The number of ether oxygens (including phenoxy) is 1. The van der Waals surface area contributed by atoms with Gasteiger partial charge in [0.2, 0.25) is 0 Å². The molecular weight excluding hydrogens is 361 g/mol. The maximum atomic E-state index is 14.4. The smallest absolute Gasteiger partial charge is 0.167 e. The van der Waals surface area contributed by atoms with Crippen LogP contribution in [-0.4, -0.2) is 40.4 Å². The molecule has 0 spiro atoms. The molecule has 0 unspecified atom stereocenters. The minimum Gasteiger partial charge on any atom is -0.484 e. The molecule has 28 heavy (non-hydrogen) atoms. The molecule has 0 bridgehead atoms. The number of halogens is 1. The summed E-state index contributed by atoms with van der Waals surface area (Å²) in [4.78, 5) is 11.0. The van der Waals surface area contributed by atoms with Crippen LogP contribution in [0.15, 0.2) is 24.5 Å². The van der Waals surface area contributed by atoms with E-state index in [1.54, 1.807) is 12.4 Å². The number of aliphatic hydroxyl groups excluding tert-OH is 1. The number of nitrogens with one attached hydrogen (secondary N) is 2. The summed E-state index contributed by atoms with van der Waals surface area (Å²) >= 11 is 0. The summed E-state index contributed by atoms with van der Waals surface area (Å²) in [5.74, 6) is 1.06. The Labute approximate surface area is 162 Å². The van der Waals surface area contributed by atoms with E-state index >= 15 is 0 Å². The van der Waals surface area contributed by atoms with Crippen LogP contribution in [0.1, 0.15) is 43.5 Å². The number of anilines is 2. The lowest BCUT2D eigenvalue weighted by atomic mass is 10.0. The average Bonchev–Trinajstić information content (AvgIpc) is 3.10. The maximum absolute atomic E-state index is 14.4. The van der Waals surface area contributed by atoms with E-state index in [0.29, 0.717) is 5.69 Å². The zero-order valence-corrected chi connectivity index (χ0v) is 15.8. The second-order valence-electron chi connectivity index (χ2n) is 8.21. The Morgan fingerprint density at radius 3 is 2.93 bits per heavy atom. The highest BCUT2D eigenvalue weighted by Crippen LogP contribution is 2.43. The number of aliphatic hydroxyl groups is 1. The predicted octanol–water partition coefficient (Wildman–Crippen LogP) is 2.39. The van der Waals surface area contributed by atoms with Crippen LogP contribution in [0.5, 0.6) is 5.75 Å². The molecule has 3 aliphatic rings. The van der Waals surface area contributed by atoms with E-state index in [9.17, 15) is 9.50 Å². The molecule has 3 heterocycles. The summed E-state index contributed by atoms with van der Waals surface area (Å²) < 4.78 is 20.3. The SMILES string of the molecule is CC1(Oc2cc3c(cc2F)NN[C@H]3c2cc(N3CC[C@@H](CO)C3)ncn2)CC1. The summed E-state index contributed by atoms with van der Waals surface area (Å²) in [5, 5.41) is 9.38. The van der Waals surface area contributed by atoms with Gasteiger partial charge in [-0.05, 0) is 32.3 Å². The molecule has 2 atom stereocenters. The first-order valence-electron chi connectivity index (χ1n) is 9.76. The fraction of sp³-hybridized carbons (Fsp3) is 0.500. The van der Waals surface area contributed by atoms with Crippen molar-refractivity contribution >= 4 is 11.5 Å².